The lowest BCUT2D eigenvalue weighted by atomic mass is 9.78. The van der Waals surface area contributed by atoms with Crippen molar-refractivity contribution < 1.29 is 19.1 Å². The first-order chi connectivity index (χ1) is 18.9. The van der Waals surface area contributed by atoms with Crippen LogP contribution in [0.5, 0.6) is 0 Å². The lowest BCUT2D eigenvalue weighted by Crippen LogP contribution is -2.33. The van der Waals surface area contributed by atoms with Gasteiger partial charge in [-0.1, -0.05) is 91.7 Å². The van der Waals surface area contributed by atoms with E-state index in [1.165, 1.54) is 18.6 Å². The average Bonchev–Trinajstić information content (AvgIpc) is 3.61. The third-order valence-corrected chi connectivity index (χ3v) is 8.58. The molecular formula is C32H32N2O4S. The van der Waals surface area contributed by atoms with Crippen LogP contribution in [0.3, 0.4) is 0 Å². The molecule has 0 radical (unpaired) electrons. The Kier molecular flexibility index (Phi) is 7.79. The number of nitrogens with zero attached hydrogens (tertiary/aromatic N) is 1. The van der Waals surface area contributed by atoms with Crippen molar-refractivity contribution in [3.63, 3.8) is 0 Å². The summed E-state index contributed by atoms with van der Waals surface area (Å²) in [6.45, 7) is 3.72. The molecule has 200 valence electrons. The summed E-state index contributed by atoms with van der Waals surface area (Å²) in [7, 11) is 1.47. The number of carbonyl (C=O) groups excluding carboxylic acids is 2. The monoisotopic (exact) mass is 540 g/mol. The highest BCUT2D eigenvalue weighted by molar-refractivity contribution is 7.10. The topological polar surface area (TPSA) is 77.5 Å². The Hall–Kier alpha value is -3.97. The van der Waals surface area contributed by atoms with Crippen LogP contribution in [0.1, 0.15) is 55.5 Å². The molecule has 1 fully saturated rings. The summed E-state index contributed by atoms with van der Waals surface area (Å²) in [6, 6.07) is 26.1. The zero-order valence-corrected chi connectivity index (χ0v) is 23.2. The van der Waals surface area contributed by atoms with Crippen molar-refractivity contribution in [2.45, 2.75) is 51.0 Å². The van der Waals surface area contributed by atoms with Gasteiger partial charge in [-0.2, -0.15) is 4.37 Å². The van der Waals surface area contributed by atoms with Gasteiger partial charge in [0, 0.05) is 0 Å². The molecule has 4 aromatic rings. The number of aromatic nitrogens is 1. The molecule has 1 heterocycles. The Morgan fingerprint density at radius 1 is 0.897 bits per heavy atom. The van der Waals surface area contributed by atoms with Crippen molar-refractivity contribution in [2.24, 2.45) is 0 Å². The summed E-state index contributed by atoms with van der Waals surface area (Å²) >= 11 is 1.34. The fourth-order valence-electron chi connectivity index (χ4n) is 5.38. The maximum Gasteiger partial charge on any atom is 0.412 e. The molecule has 1 amide bonds. The highest BCUT2D eigenvalue weighted by Gasteiger charge is 2.43. The van der Waals surface area contributed by atoms with Gasteiger partial charge >= 0.3 is 12.1 Å². The molecule has 7 heteroatoms. The van der Waals surface area contributed by atoms with Crippen LogP contribution in [0.2, 0.25) is 0 Å². The first-order valence-corrected chi connectivity index (χ1v) is 14.0. The highest BCUT2D eigenvalue weighted by Crippen LogP contribution is 2.43. The van der Waals surface area contributed by atoms with E-state index in [2.05, 4.69) is 46.1 Å². The predicted octanol–water partition coefficient (Wildman–Crippen LogP) is 8.08. The number of hydrogen-bond donors (Lipinski definition) is 1. The summed E-state index contributed by atoms with van der Waals surface area (Å²) in [6.07, 6.45) is 2.85. The van der Waals surface area contributed by atoms with E-state index in [1.807, 2.05) is 56.3 Å². The smallest absolute Gasteiger partial charge is 0.412 e. The SMILES string of the molecule is COC(=O)C1(c2ccc(-c3ccc(-c4snc(C)c4NC(=O)O[C@H](C)c4ccccc4)cc3)cc2)CCCC1. The summed E-state index contributed by atoms with van der Waals surface area (Å²) in [5.74, 6) is -0.139. The second-order valence-electron chi connectivity index (χ2n) is 9.99. The summed E-state index contributed by atoms with van der Waals surface area (Å²) in [4.78, 5) is 26.2. The largest absolute Gasteiger partial charge is 0.468 e. The maximum absolute atomic E-state index is 12.7. The molecule has 0 aliphatic heterocycles. The lowest BCUT2D eigenvalue weighted by Gasteiger charge is -2.26. The Morgan fingerprint density at radius 3 is 2.10 bits per heavy atom. The zero-order valence-electron chi connectivity index (χ0n) is 22.4. The lowest BCUT2D eigenvalue weighted by molar-refractivity contribution is -0.147. The first kappa shape index (κ1) is 26.6. The molecule has 1 aliphatic carbocycles. The van der Waals surface area contributed by atoms with E-state index < -0.39 is 11.5 Å². The Labute approximate surface area is 233 Å². The standard InChI is InChI=1S/C32H32N2O4S/c1-21-28(33-31(36)38-22(2)23-9-5-4-6-10-23)29(39-34-21)26-13-11-24(12-14-26)25-15-17-27(18-16-25)32(30(35)37-3)19-7-8-20-32/h4-6,9-18,22H,7-8,19-20H2,1-3H3,(H,33,36)/t22-/m1/s1. The number of carbonyl (C=O) groups is 2. The van der Waals surface area contributed by atoms with Gasteiger partial charge in [-0.15, -0.1) is 0 Å². The van der Waals surface area contributed by atoms with E-state index in [9.17, 15) is 9.59 Å². The van der Waals surface area contributed by atoms with Crippen molar-refractivity contribution in [3.05, 3.63) is 95.7 Å². The quantitative estimate of drug-likeness (QED) is 0.240. The molecule has 1 N–H and O–H groups in total. The third kappa shape index (κ3) is 5.45. The number of rotatable bonds is 7. The van der Waals surface area contributed by atoms with Crippen LogP contribution >= 0.6 is 11.5 Å². The molecule has 0 saturated heterocycles. The Balaban J connectivity index is 1.31. The molecule has 39 heavy (non-hydrogen) atoms. The number of ether oxygens (including phenoxy) is 2. The van der Waals surface area contributed by atoms with Gasteiger partial charge in [0.2, 0.25) is 0 Å². The molecule has 3 aromatic carbocycles. The van der Waals surface area contributed by atoms with Crippen molar-refractivity contribution in [3.8, 4) is 21.6 Å². The van der Waals surface area contributed by atoms with Crippen molar-refractivity contribution in [1.82, 2.24) is 4.37 Å². The van der Waals surface area contributed by atoms with Gasteiger partial charge in [0.05, 0.1) is 28.8 Å². The number of nitrogens with one attached hydrogen (secondary N) is 1. The minimum atomic E-state index is -0.523. The fourth-order valence-corrected chi connectivity index (χ4v) is 6.23. The maximum atomic E-state index is 12.7. The van der Waals surface area contributed by atoms with E-state index in [-0.39, 0.29) is 12.1 Å². The number of esters is 1. The van der Waals surface area contributed by atoms with Crippen LogP contribution < -0.4 is 5.32 Å². The molecule has 5 rings (SSSR count). The Bertz CT molecular complexity index is 1440. The highest BCUT2D eigenvalue weighted by atomic mass is 32.1. The van der Waals surface area contributed by atoms with Crippen molar-refractivity contribution in [1.29, 1.82) is 0 Å². The summed E-state index contributed by atoms with van der Waals surface area (Å²) in [5, 5.41) is 2.90. The molecule has 0 unspecified atom stereocenters. The normalized spacial score (nSPS) is 14.9. The van der Waals surface area contributed by atoms with Gasteiger partial charge < -0.3 is 9.47 Å². The van der Waals surface area contributed by atoms with E-state index in [0.29, 0.717) is 5.69 Å². The van der Waals surface area contributed by atoms with Gasteiger partial charge in [-0.3, -0.25) is 10.1 Å². The molecule has 1 atom stereocenters. The van der Waals surface area contributed by atoms with Crippen molar-refractivity contribution >= 4 is 29.3 Å². The second-order valence-corrected chi connectivity index (χ2v) is 10.8. The Morgan fingerprint density at radius 2 is 1.49 bits per heavy atom. The van der Waals surface area contributed by atoms with Crippen LogP contribution in [0.4, 0.5) is 10.5 Å². The molecule has 1 saturated carbocycles. The molecule has 0 bridgehead atoms. The molecular weight excluding hydrogens is 508 g/mol. The molecule has 1 aliphatic rings. The fraction of sp³-hybridized carbons (Fsp3) is 0.281. The van der Waals surface area contributed by atoms with Gasteiger partial charge in [0.25, 0.3) is 0 Å². The van der Waals surface area contributed by atoms with Gasteiger partial charge in [-0.25, -0.2) is 4.79 Å². The number of hydrogen-bond acceptors (Lipinski definition) is 6. The predicted molar refractivity (Wildman–Crippen MR) is 155 cm³/mol. The van der Waals surface area contributed by atoms with E-state index >= 15 is 0 Å². The van der Waals surface area contributed by atoms with Gasteiger partial charge in [0.1, 0.15) is 6.10 Å². The summed E-state index contributed by atoms with van der Waals surface area (Å²) < 4.78 is 15.2. The van der Waals surface area contributed by atoms with E-state index in [4.69, 9.17) is 9.47 Å². The second kappa shape index (κ2) is 11.4. The number of aryl methyl sites for hydroxylation is 1. The average molecular weight is 541 g/mol. The van der Waals surface area contributed by atoms with E-state index in [1.54, 1.807) is 0 Å². The minimum absolute atomic E-state index is 0.139. The molecule has 1 aromatic heterocycles. The van der Waals surface area contributed by atoms with Crippen LogP contribution in [-0.4, -0.2) is 23.5 Å². The zero-order chi connectivity index (χ0) is 27.4. The third-order valence-electron chi connectivity index (χ3n) is 7.59. The van der Waals surface area contributed by atoms with Gasteiger partial charge in [-0.05, 0) is 66.0 Å². The molecule has 6 nitrogen and oxygen atoms in total. The van der Waals surface area contributed by atoms with Gasteiger partial charge in [0.15, 0.2) is 0 Å². The number of methoxy groups -OCH3 is 1. The van der Waals surface area contributed by atoms with Crippen LogP contribution in [0.15, 0.2) is 78.9 Å². The number of benzene rings is 3. The minimum Gasteiger partial charge on any atom is -0.468 e. The number of anilines is 1. The van der Waals surface area contributed by atoms with Crippen LogP contribution in [0, 0.1) is 6.92 Å². The van der Waals surface area contributed by atoms with Crippen LogP contribution in [-0.2, 0) is 19.7 Å². The first-order valence-electron chi connectivity index (χ1n) is 13.2. The number of amides is 1. The van der Waals surface area contributed by atoms with Crippen LogP contribution in [0.25, 0.3) is 21.6 Å². The van der Waals surface area contributed by atoms with E-state index in [0.717, 1.165) is 64.1 Å². The molecule has 0 spiro atoms. The summed E-state index contributed by atoms with van der Waals surface area (Å²) in [5.41, 5.74) is 5.93. The van der Waals surface area contributed by atoms with Crippen molar-refractivity contribution in [2.75, 3.05) is 12.4 Å².